The van der Waals surface area contributed by atoms with Gasteiger partial charge in [0.15, 0.2) is 0 Å². The van der Waals surface area contributed by atoms with E-state index in [1.165, 1.54) is 6.42 Å². The van der Waals surface area contributed by atoms with E-state index in [9.17, 15) is 9.90 Å². The molecule has 4 nitrogen and oxygen atoms in total. The summed E-state index contributed by atoms with van der Waals surface area (Å²) in [6, 6.07) is 0. The van der Waals surface area contributed by atoms with Gasteiger partial charge in [-0.15, -0.1) is 0 Å². The SMILES string of the molecule is CCC(C)(CC)CC(C)(C(=O)OC12CC3CC(CC(OCCO)(C3)C1)C2)C(C)(CC)CC. The molecule has 0 aromatic heterocycles. The van der Waals surface area contributed by atoms with Crippen LogP contribution in [0.1, 0.15) is 119 Å². The Morgan fingerprint density at radius 3 is 1.91 bits per heavy atom. The molecule has 4 aliphatic carbocycles. The van der Waals surface area contributed by atoms with Crippen molar-refractivity contribution in [2.24, 2.45) is 28.1 Å². The molecule has 3 atom stereocenters. The van der Waals surface area contributed by atoms with Gasteiger partial charge in [0.05, 0.1) is 24.2 Å². The molecule has 4 fully saturated rings. The maximum atomic E-state index is 14.2. The zero-order valence-electron chi connectivity index (χ0n) is 22.0. The lowest BCUT2D eigenvalue weighted by Crippen LogP contribution is -2.62. The van der Waals surface area contributed by atoms with Crippen molar-refractivity contribution in [1.82, 2.24) is 0 Å². The smallest absolute Gasteiger partial charge is 0.312 e. The molecule has 0 heterocycles. The summed E-state index contributed by atoms with van der Waals surface area (Å²) in [5, 5.41) is 9.37. The Morgan fingerprint density at radius 2 is 1.44 bits per heavy atom. The van der Waals surface area contributed by atoms with E-state index >= 15 is 0 Å². The number of carbonyl (C=O) groups is 1. The third-order valence-electron chi connectivity index (χ3n) is 10.6. The fourth-order valence-electron chi connectivity index (χ4n) is 7.87. The number of aliphatic hydroxyl groups is 1. The van der Waals surface area contributed by atoms with Crippen molar-refractivity contribution < 1.29 is 19.4 Å². The second-order valence-corrected chi connectivity index (χ2v) is 12.6. The minimum atomic E-state index is -0.514. The van der Waals surface area contributed by atoms with Crippen LogP contribution in [-0.4, -0.2) is 35.5 Å². The minimum absolute atomic E-state index is 0.0242. The van der Waals surface area contributed by atoms with Crippen LogP contribution in [-0.2, 0) is 14.3 Å². The van der Waals surface area contributed by atoms with Crippen LogP contribution >= 0.6 is 0 Å². The first kappa shape index (κ1) is 26.0. The molecule has 4 heteroatoms. The summed E-state index contributed by atoms with van der Waals surface area (Å²) in [6.07, 6.45) is 11.1. The van der Waals surface area contributed by atoms with Crippen molar-refractivity contribution in [1.29, 1.82) is 0 Å². The number of carbonyl (C=O) groups excluding carboxylic acids is 1. The predicted octanol–water partition coefficient (Wildman–Crippen LogP) is 6.68. The van der Waals surface area contributed by atoms with E-state index in [-0.39, 0.29) is 34.6 Å². The van der Waals surface area contributed by atoms with Crippen LogP contribution in [0.5, 0.6) is 0 Å². The van der Waals surface area contributed by atoms with Gasteiger partial charge in [0.1, 0.15) is 5.60 Å². The third-order valence-corrected chi connectivity index (χ3v) is 10.6. The summed E-state index contributed by atoms with van der Waals surface area (Å²) in [6.45, 7) is 16.2. The van der Waals surface area contributed by atoms with Crippen LogP contribution in [0.4, 0.5) is 0 Å². The summed E-state index contributed by atoms with van der Waals surface area (Å²) in [7, 11) is 0. The highest BCUT2D eigenvalue weighted by atomic mass is 16.6. The summed E-state index contributed by atoms with van der Waals surface area (Å²) < 4.78 is 13.0. The minimum Gasteiger partial charge on any atom is -0.459 e. The van der Waals surface area contributed by atoms with Crippen LogP contribution in [0.15, 0.2) is 0 Å². The van der Waals surface area contributed by atoms with Gasteiger partial charge in [-0.25, -0.2) is 0 Å². The Kier molecular flexibility index (Phi) is 7.48. The number of hydrogen-bond donors (Lipinski definition) is 1. The van der Waals surface area contributed by atoms with Crippen LogP contribution in [0.2, 0.25) is 0 Å². The van der Waals surface area contributed by atoms with Crippen molar-refractivity contribution in [3.05, 3.63) is 0 Å². The lowest BCUT2D eigenvalue weighted by molar-refractivity contribution is -0.244. The predicted molar refractivity (Wildman–Crippen MR) is 129 cm³/mol. The summed E-state index contributed by atoms with van der Waals surface area (Å²) in [5.41, 5.74) is -1.06. The van der Waals surface area contributed by atoms with E-state index in [1.807, 2.05) is 0 Å². The molecule has 0 radical (unpaired) electrons. The Morgan fingerprint density at radius 1 is 0.906 bits per heavy atom. The molecule has 4 rings (SSSR count). The molecular formula is C28H50O4. The largest absolute Gasteiger partial charge is 0.459 e. The molecule has 4 bridgehead atoms. The molecule has 0 aromatic carbocycles. The first-order valence-corrected chi connectivity index (χ1v) is 13.4. The number of esters is 1. The highest BCUT2D eigenvalue weighted by molar-refractivity contribution is 5.78. The van der Waals surface area contributed by atoms with E-state index in [4.69, 9.17) is 9.47 Å². The van der Waals surface area contributed by atoms with Gasteiger partial charge in [0.25, 0.3) is 0 Å². The molecule has 0 saturated heterocycles. The fraction of sp³-hybridized carbons (Fsp3) is 0.964. The molecule has 186 valence electrons. The molecule has 4 aliphatic rings. The van der Waals surface area contributed by atoms with Crippen LogP contribution in [0.3, 0.4) is 0 Å². The van der Waals surface area contributed by atoms with Crippen molar-refractivity contribution in [3.8, 4) is 0 Å². The average molecular weight is 451 g/mol. The Labute approximate surface area is 197 Å². The first-order chi connectivity index (χ1) is 15.0. The normalized spacial score (nSPS) is 33.9. The molecule has 0 spiro atoms. The molecule has 1 N–H and O–H groups in total. The zero-order chi connectivity index (χ0) is 23.8. The maximum Gasteiger partial charge on any atom is 0.312 e. The van der Waals surface area contributed by atoms with Gasteiger partial charge in [-0.3, -0.25) is 4.79 Å². The summed E-state index contributed by atoms with van der Waals surface area (Å²) >= 11 is 0. The Balaban J connectivity index is 1.90. The topological polar surface area (TPSA) is 55.8 Å². The summed E-state index contributed by atoms with van der Waals surface area (Å²) in [5.74, 6) is 1.18. The highest BCUT2D eigenvalue weighted by Gasteiger charge is 2.62. The van der Waals surface area contributed by atoms with Crippen molar-refractivity contribution in [2.75, 3.05) is 13.2 Å². The van der Waals surface area contributed by atoms with Crippen molar-refractivity contribution >= 4 is 5.97 Å². The molecule has 3 unspecified atom stereocenters. The van der Waals surface area contributed by atoms with Crippen molar-refractivity contribution in [3.63, 3.8) is 0 Å². The lowest BCUT2D eigenvalue weighted by Gasteiger charge is -2.61. The molecule has 0 amide bonds. The van der Waals surface area contributed by atoms with Gasteiger partial charge in [0.2, 0.25) is 0 Å². The van der Waals surface area contributed by atoms with Crippen LogP contribution < -0.4 is 0 Å². The van der Waals surface area contributed by atoms with E-state index in [0.29, 0.717) is 18.4 Å². The number of rotatable bonds is 12. The summed E-state index contributed by atoms with van der Waals surface area (Å²) in [4.78, 5) is 14.2. The number of hydrogen-bond acceptors (Lipinski definition) is 4. The third kappa shape index (κ3) is 4.52. The van der Waals surface area contributed by atoms with Gasteiger partial charge in [0, 0.05) is 6.42 Å². The lowest BCUT2D eigenvalue weighted by atomic mass is 9.52. The molecule has 0 aliphatic heterocycles. The molecule has 4 saturated carbocycles. The fourth-order valence-corrected chi connectivity index (χ4v) is 7.87. The second kappa shape index (κ2) is 9.21. The molecule has 0 aromatic rings. The van der Waals surface area contributed by atoms with Crippen LogP contribution in [0.25, 0.3) is 0 Å². The van der Waals surface area contributed by atoms with Gasteiger partial charge < -0.3 is 14.6 Å². The van der Waals surface area contributed by atoms with E-state index < -0.39 is 5.41 Å². The molecule has 32 heavy (non-hydrogen) atoms. The molecular weight excluding hydrogens is 400 g/mol. The van der Waals surface area contributed by atoms with Gasteiger partial charge in [-0.05, 0) is 81.0 Å². The standard InChI is InChI=1S/C28H50O4/c1-8-24(5,9-2)19-26(7,25(6,10-3)11-4)23(30)32-28-17-21-14-22(18-28)16-27(15-21,20-28)31-13-12-29/h21-22,29H,8-20H2,1-7H3. The average Bonchev–Trinajstić information content (AvgIpc) is 2.75. The highest BCUT2D eigenvalue weighted by Crippen LogP contribution is 2.61. The van der Waals surface area contributed by atoms with Gasteiger partial charge in [-0.2, -0.15) is 0 Å². The Bertz CT molecular complexity index is 648. The maximum absolute atomic E-state index is 14.2. The van der Waals surface area contributed by atoms with Crippen LogP contribution in [0, 0.1) is 28.1 Å². The Hall–Kier alpha value is -0.610. The monoisotopic (exact) mass is 450 g/mol. The van der Waals surface area contributed by atoms with E-state index in [0.717, 1.165) is 64.2 Å². The second-order valence-electron chi connectivity index (χ2n) is 12.6. The first-order valence-electron chi connectivity index (χ1n) is 13.4. The number of ether oxygens (including phenoxy) is 2. The van der Waals surface area contributed by atoms with E-state index in [1.54, 1.807) is 0 Å². The number of aliphatic hydroxyl groups excluding tert-OH is 1. The van der Waals surface area contributed by atoms with Gasteiger partial charge in [-0.1, -0.05) is 54.4 Å². The quantitative estimate of drug-likeness (QED) is 0.337. The zero-order valence-corrected chi connectivity index (χ0v) is 22.0. The van der Waals surface area contributed by atoms with Crippen molar-refractivity contribution in [2.45, 2.75) is 130 Å². The van der Waals surface area contributed by atoms with E-state index in [2.05, 4.69) is 48.5 Å². The van der Waals surface area contributed by atoms with Gasteiger partial charge >= 0.3 is 5.97 Å².